The highest BCUT2D eigenvalue weighted by Crippen LogP contribution is 2.09. The summed E-state index contributed by atoms with van der Waals surface area (Å²) in [5.41, 5.74) is 0. The molecule has 0 aliphatic carbocycles. The van der Waals surface area contributed by atoms with Crippen molar-refractivity contribution in [3.05, 3.63) is 0 Å². The summed E-state index contributed by atoms with van der Waals surface area (Å²) < 4.78 is 30.3. The molecule has 0 aromatic carbocycles. The van der Waals surface area contributed by atoms with Crippen molar-refractivity contribution in [3.63, 3.8) is 0 Å². The topological polar surface area (TPSA) is 81.7 Å². The Hall–Kier alpha value is -0.660. The molecule has 0 saturated heterocycles. The molecule has 0 aliphatic rings. The van der Waals surface area contributed by atoms with Gasteiger partial charge < -0.3 is 5.32 Å². The second-order valence-electron chi connectivity index (χ2n) is 5.33. The molecule has 132 valence electrons. The van der Waals surface area contributed by atoms with E-state index in [2.05, 4.69) is 20.6 Å². The van der Waals surface area contributed by atoms with Crippen molar-refractivity contribution >= 4 is 16.3 Å². The maximum atomic E-state index is 11.5. The summed E-state index contributed by atoms with van der Waals surface area (Å²) >= 11 is 0. The van der Waals surface area contributed by atoms with Crippen LogP contribution in [0.25, 0.3) is 0 Å². The number of hydrogen-bond donors (Lipinski definition) is 1. The first-order valence-corrected chi connectivity index (χ1v) is 9.57. The molecule has 0 aromatic heterocycles. The number of rotatable bonds is 15. The number of nitrogens with one attached hydrogen (secondary N) is 1. The summed E-state index contributed by atoms with van der Waals surface area (Å²) in [6.45, 7) is 2.63. The minimum absolute atomic E-state index is 0.00815. The van der Waals surface area contributed by atoms with Gasteiger partial charge in [-0.25, -0.2) is 4.18 Å². The van der Waals surface area contributed by atoms with Gasteiger partial charge in [0.2, 0.25) is 5.91 Å². The van der Waals surface area contributed by atoms with Crippen LogP contribution in [0.4, 0.5) is 0 Å². The van der Waals surface area contributed by atoms with Crippen molar-refractivity contribution in [2.75, 3.05) is 20.3 Å². The molecular formula is C15H31NO5S. The Labute approximate surface area is 135 Å². The van der Waals surface area contributed by atoms with E-state index in [4.69, 9.17) is 0 Å². The quantitative estimate of drug-likeness (QED) is 0.465. The highest BCUT2D eigenvalue weighted by molar-refractivity contribution is 7.81. The Morgan fingerprint density at radius 1 is 0.955 bits per heavy atom. The molecule has 0 heterocycles. The first kappa shape index (κ1) is 21.3. The molecule has 0 radical (unpaired) electrons. The minimum Gasteiger partial charge on any atom is -0.356 e. The van der Waals surface area contributed by atoms with Crippen LogP contribution < -0.4 is 5.32 Å². The average Bonchev–Trinajstić information content (AvgIpc) is 2.49. The Kier molecular flexibility index (Phi) is 13.5. The first-order valence-electron chi connectivity index (χ1n) is 8.23. The second-order valence-corrected chi connectivity index (χ2v) is 6.71. The fourth-order valence-electron chi connectivity index (χ4n) is 2.02. The maximum absolute atomic E-state index is 11.5. The standard InChI is InChI=1S/C15H31NO5S/c1-3-4-5-6-7-8-9-10-12-15(17)16-13-11-14-21-22(18,19)20-2/h3-14H2,1-2H3,(H,16,17). The van der Waals surface area contributed by atoms with Crippen LogP contribution in [0.5, 0.6) is 0 Å². The molecule has 6 nitrogen and oxygen atoms in total. The van der Waals surface area contributed by atoms with Crippen LogP contribution in [0.1, 0.15) is 71.1 Å². The summed E-state index contributed by atoms with van der Waals surface area (Å²) in [4.78, 5) is 11.5. The second kappa shape index (κ2) is 14.0. The van der Waals surface area contributed by atoms with Gasteiger partial charge in [-0.3, -0.25) is 8.98 Å². The van der Waals surface area contributed by atoms with Crippen molar-refractivity contribution in [1.82, 2.24) is 5.32 Å². The molecule has 22 heavy (non-hydrogen) atoms. The van der Waals surface area contributed by atoms with E-state index < -0.39 is 10.4 Å². The van der Waals surface area contributed by atoms with Crippen molar-refractivity contribution in [3.8, 4) is 0 Å². The van der Waals surface area contributed by atoms with Crippen LogP contribution in [0.15, 0.2) is 0 Å². The lowest BCUT2D eigenvalue weighted by molar-refractivity contribution is -0.121. The number of unbranched alkanes of at least 4 members (excludes halogenated alkanes) is 7. The molecule has 0 bridgehead atoms. The highest BCUT2D eigenvalue weighted by atomic mass is 32.3. The van der Waals surface area contributed by atoms with E-state index in [0.29, 0.717) is 19.4 Å². The van der Waals surface area contributed by atoms with E-state index in [1.807, 2.05) is 0 Å². The molecule has 0 saturated carbocycles. The molecule has 0 atom stereocenters. The van der Waals surface area contributed by atoms with Gasteiger partial charge in [0.05, 0.1) is 13.7 Å². The van der Waals surface area contributed by atoms with Crippen LogP contribution in [-0.2, 0) is 23.6 Å². The van der Waals surface area contributed by atoms with Gasteiger partial charge >= 0.3 is 10.4 Å². The predicted molar refractivity (Wildman–Crippen MR) is 86.7 cm³/mol. The Balaban J connectivity index is 3.33. The molecule has 0 unspecified atom stereocenters. The van der Waals surface area contributed by atoms with Gasteiger partial charge in [-0.05, 0) is 12.8 Å². The molecule has 1 N–H and O–H groups in total. The van der Waals surface area contributed by atoms with Crippen molar-refractivity contribution in [2.24, 2.45) is 0 Å². The number of hydrogen-bond acceptors (Lipinski definition) is 5. The SMILES string of the molecule is CCCCCCCCCCC(=O)NCCCOS(=O)(=O)OC. The largest absolute Gasteiger partial charge is 0.399 e. The average molecular weight is 337 g/mol. The van der Waals surface area contributed by atoms with E-state index in [-0.39, 0.29) is 12.5 Å². The molecular weight excluding hydrogens is 306 g/mol. The summed E-state index contributed by atoms with van der Waals surface area (Å²) in [6, 6.07) is 0. The monoisotopic (exact) mass is 337 g/mol. The molecule has 7 heteroatoms. The van der Waals surface area contributed by atoms with E-state index >= 15 is 0 Å². The normalized spacial score (nSPS) is 11.5. The zero-order valence-corrected chi connectivity index (χ0v) is 14.8. The van der Waals surface area contributed by atoms with Crippen LogP contribution in [0.2, 0.25) is 0 Å². The number of carbonyl (C=O) groups is 1. The summed E-state index contributed by atoms with van der Waals surface area (Å²) in [5.74, 6) is 0.0144. The Morgan fingerprint density at radius 2 is 1.55 bits per heavy atom. The first-order chi connectivity index (χ1) is 10.5. The van der Waals surface area contributed by atoms with Crippen LogP contribution >= 0.6 is 0 Å². The zero-order valence-electron chi connectivity index (χ0n) is 13.9. The third-order valence-corrected chi connectivity index (χ3v) is 4.20. The van der Waals surface area contributed by atoms with Gasteiger partial charge in [0.1, 0.15) is 0 Å². The summed E-state index contributed by atoms with van der Waals surface area (Å²) in [7, 11) is -2.82. The summed E-state index contributed by atoms with van der Waals surface area (Å²) in [6.07, 6.45) is 10.6. The van der Waals surface area contributed by atoms with E-state index in [0.717, 1.165) is 20.0 Å². The van der Waals surface area contributed by atoms with Gasteiger partial charge in [-0.1, -0.05) is 51.9 Å². The smallest absolute Gasteiger partial charge is 0.356 e. The van der Waals surface area contributed by atoms with Crippen molar-refractivity contribution in [2.45, 2.75) is 71.1 Å². The predicted octanol–water partition coefficient (Wildman–Crippen LogP) is 2.93. The van der Waals surface area contributed by atoms with Gasteiger partial charge in [0, 0.05) is 13.0 Å². The zero-order chi connectivity index (χ0) is 16.7. The van der Waals surface area contributed by atoms with Crippen LogP contribution in [-0.4, -0.2) is 34.6 Å². The molecule has 0 fully saturated rings. The lowest BCUT2D eigenvalue weighted by Gasteiger charge is -2.06. The third kappa shape index (κ3) is 14.3. The summed E-state index contributed by atoms with van der Waals surface area (Å²) in [5, 5.41) is 2.75. The van der Waals surface area contributed by atoms with E-state index in [1.165, 1.54) is 38.5 Å². The Bertz CT molecular complexity index is 370. The molecule has 0 aromatic rings. The van der Waals surface area contributed by atoms with E-state index in [1.54, 1.807) is 0 Å². The fourth-order valence-corrected chi connectivity index (χ4v) is 2.44. The van der Waals surface area contributed by atoms with Crippen LogP contribution in [0.3, 0.4) is 0 Å². The minimum atomic E-state index is -3.86. The lowest BCUT2D eigenvalue weighted by atomic mass is 10.1. The van der Waals surface area contributed by atoms with Gasteiger partial charge in [0.15, 0.2) is 0 Å². The Morgan fingerprint density at radius 3 is 2.14 bits per heavy atom. The number of amides is 1. The lowest BCUT2D eigenvalue weighted by Crippen LogP contribution is -2.25. The van der Waals surface area contributed by atoms with Crippen molar-refractivity contribution in [1.29, 1.82) is 0 Å². The molecule has 0 spiro atoms. The van der Waals surface area contributed by atoms with Crippen LogP contribution in [0, 0.1) is 0 Å². The third-order valence-electron chi connectivity index (χ3n) is 3.33. The molecule has 0 rings (SSSR count). The van der Waals surface area contributed by atoms with Gasteiger partial charge in [-0.2, -0.15) is 8.42 Å². The van der Waals surface area contributed by atoms with Crippen molar-refractivity contribution < 1.29 is 21.6 Å². The maximum Gasteiger partial charge on any atom is 0.399 e. The highest BCUT2D eigenvalue weighted by Gasteiger charge is 2.08. The number of carbonyl (C=O) groups excluding carboxylic acids is 1. The van der Waals surface area contributed by atoms with Gasteiger partial charge in [-0.15, -0.1) is 0 Å². The van der Waals surface area contributed by atoms with Gasteiger partial charge in [0.25, 0.3) is 0 Å². The van der Waals surface area contributed by atoms with E-state index in [9.17, 15) is 13.2 Å². The molecule has 0 aliphatic heterocycles. The fraction of sp³-hybridized carbons (Fsp3) is 0.933. The molecule has 1 amide bonds.